The van der Waals surface area contributed by atoms with E-state index in [4.69, 9.17) is 21.4 Å². The van der Waals surface area contributed by atoms with E-state index in [-0.39, 0.29) is 6.61 Å². The highest BCUT2D eigenvalue weighted by atomic mass is 35.5. The topological polar surface area (TPSA) is 55.2 Å². The summed E-state index contributed by atoms with van der Waals surface area (Å²) in [5.41, 5.74) is 2.48. The van der Waals surface area contributed by atoms with Crippen LogP contribution in [0.5, 0.6) is 11.6 Å². The van der Waals surface area contributed by atoms with Crippen LogP contribution in [0.15, 0.2) is 24.3 Å². The van der Waals surface area contributed by atoms with E-state index in [2.05, 4.69) is 10.2 Å². The first-order valence-corrected chi connectivity index (χ1v) is 5.86. The van der Waals surface area contributed by atoms with Crippen LogP contribution in [-0.2, 0) is 6.61 Å². The molecule has 0 radical (unpaired) electrons. The molecule has 1 aromatic heterocycles. The van der Waals surface area contributed by atoms with Crippen LogP contribution in [0.25, 0.3) is 0 Å². The van der Waals surface area contributed by atoms with Gasteiger partial charge in [0.15, 0.2) is 5.15 Å². The zero-order valence-electron chi connectivity index (χ0n) is 10.1. The highest BCUT2D eigenvalue weighted by Gasteiger charge is 2.10. The molecule has 0 saturated carbocycles. The Balaban J connectivity index is 2.31. The summed E-state index contributed by atoms with van der Waals surface area (Å²) in [6.45, 7) is 3.71. The fraction of sp³-hybridized carbons (Fsp3) is 0.231. The number of benzene rings is 1. The molecule has 2 aromatic rings. The highest BCUT2D eigenvalue weighted by Crippen LogP contribution is 2.27. The van der Waals surface area contributed by atoms with Crippen LogP contribution < -0.4 is 4.74 Å². The van der Waals surface area contributed by atoms with Crippen molar-refractivity contribution in [3.63, 3.8) is 0 Å². The molecule has 4 nitrogen and oxygen atoms in total. The second kappa shape index (κ2) is 5.33. The number of ether oxygens (including phenoxy) is 1. The molecule has 2 rings (SSSR count). The number of halogens is 1. The van der Waals surface area contributed by atoms with E-state index in [0.717, 1.165) is 16.7 Å². The molecule has 0 spiro atoms. The van der Waals surface area contributed by atoms with Gasteiger partial charge in [-0.2, -0.15) is 0 Å². The SMILES string of the molecule is Cc1c(Cl)nnc(Oc2cccc(CO)c2)c1C. The number of aromatic nitrogens is 2. The zero-order chi connectivity index (χ0) is 13.1. The molecule has 0 atom stereocenters. The molecule has 0 aliphatic carbocycles. The summed E-state index contributed by atoms with van der Waals surface area (Å²) in [6, 6.07) is 7.18. The Morgan fingerprint density at radius 3 is 2.72 bits per heavy atom. The third kappa shape index (κ3) is 2.60. The van der Waals surface area contributed by atoms with Gasteiger partial charge >= 0.3 is 0 Å². The molecule has 18 heavy (non-hydrogen) atoms. The van der Waals surface area contributed by atoms with Gasteiger partial charge < -0.3 is 9.84 Å². The van der Waals surface area contributed by atoms with Crippen LogP contribution in [0.2, 0.25) is 5.15 Å². The Bertz CT molecular complexity index is 573. The number of rotatable bonds is 3. The predicted octanol–water partition coefficient (Wildman–Crippen LogP) is 3.03. The Hall–Kier alpha value is -1.65. The van der Waals surface area contributed by atoms with Crippen LogP contribution in [-0.4, -0.2) is 15.3 Å². The largest absolute Gasteiger partial charge is 0.437 e. The van der Waals surface area contributed by atoms with Crippen molar-refractivity contribution in [2.24, 2.45) is 0 Å². The molecule has 0 amide bonds. The Morgan fingerprint density at radius 2 is 2.00 bits per heavy atom. The summed E-state index contributed by atoms with van der Waals surface area (Å²) in [6.07, 6.45) is 0. The van der Waals surface area contributed by atoms with E-state index in [1.165, 1.54) is 0 Å². The van der Waals surface area contributed by atoms with Gasteiger partial charge in [-0.15, -0.1) is 10.2 Å². The van der Waals surface area contributed by atoms with Gasteiger partial charge in [-0.05, 0) is 37.1 Å². The van der Waals surface area contributed by atoms with Gasteiger partial charge in [0.25, 0.3) is 0 Å². The quantitative estimate of drug-likeness (QED) is 0.926. The molecular weight excluding hydrogens is 252 g/mol. The molecule has 94 valence electrons. The van der Waals surface area contributed by atoms with E-state index >= 15 is 0 Å². The van der Waals surface area contributed by atoms with Crippen LogP contribution in [0, 0.1) is 13.8 Å². The number of aliphatic hydroxyl groups is 1. The van der Waals surface area contributed by atoms with Gasteiger partial charge in [-0.3, -0.25) is 0 Å². The molecule has 0 bridgehead atoms. The lowest BCUT2D eigenvalue weighted by Gasteiger charge is -2.09. The maximum Gasteiger partial charge on any atom is 0.242 e. The second-order valence-corrected chi connectivity index (χ2v) is 4.31. The average Bonchev–Trinajstić information content (AvgIpc) is 2.40. The standard InChI is InChI=1S/C13H13ClN2O2/c1-8-9(2)13(16-15-12(8)14)18-11-5-3-4-10(6-11)7-17/h3-6,17H,7H2,1-2H3. The molecule has 0 saturated heterocycles. The number of nitrogens with zero attached hydrogens (tertiary/aromatic N) is 2. The molecular formula is C13H13ClN2O2. The minimum atomic E-state index is -0.0263. The van der Waals surface area contributed by atoms with Crippen molar-refractivity contribution in [1.82, 2.24) is 10.2 Å². The molecule has 5 heteroatoms. The fourth-order valence-electron chi connectivity index (χ4n) is 1.47. The van der Waals surface area contributed by atoms with E-state index in [9.17, 15) is 0 Å². The smallest absolute Gasteiger partial charge is 0.242 e. The number of aliphatic hydroxyl groups excluding tert-OH is 1. The van der Waals surface area contributed by atoms with E-state index in [1.807, 2.05) is 26.0 Å². The molecule has 1 aromatic carbocycles. The summed E-state index contributed by atoms with van der Waals surface area (Å²) in [5.74, 6) is 1.03. The number of hydrogen-bond acceptors (Lipinski definition) is 4. The maximum atomic E-state index is 9.06. The van der Waals surface area contributed by atoms with Crippen LogP contribution in [0.3, 0.4) is 0 Å². The first kappa shape index (κ1) is 12.8. The molecule has 0 unspecified atom stereocenters. The molecule has 0 aliphatic heterocycles. The predicted molar refractivity (Wildman–Crippen MR) is 69.0 cm³/mol. The lowest BCUT2D eigenvalue weighted by atomic mass is 10.2. The Labute approximate surface area is 110 Å². The van der Waals surface area contributed by atoms with Crippen molar-refractivity contribution in [2.75, 3.05) is 0 Å². The summed E-state index contributed by atoms with van der Waals surface area (Å²) in [5, 5.41) is 17.2. The van der Waals surface area contributed by atoms with Crippen molar-refractivity contribution >= 4 is 11.6 Å². The van der Waals surface area contributed by atoms with Gasteiger partial charge in [-0.1, -0.05) is 23.7 Å². The lowest BCUT2D eigenvalue weighted by Crippen LogP contribution is -1.98. The van der Waals surface area contributed by atoms with Gasteiger partial charge in [0.1, 0.15) is 5.75 Å². The minimum Gasteiger partial charge on any atom is -0.437 e. The highest BCUT2D eigenvalue weighted by molar-refractivity contribution is 6.30. The molecule has 1 heterocycles. The number of hydrogen-bond donors (Lipinski definition) is 1. The van der Waals surface area contributed by atoms with Gasteiger partial charge in [0.05, 0.1) is 6.61 Å². The van der Waals surface area contributed by atoms with Crippen molar-refractivity contribution in [3.8, 4) is 11.6 Å². The van der Waals surface area contributed by atoms with Crippen molar-refractivity contribution in [3.05, 3.63) is 46.1 Å². The summed E-state index contributed by atoms with van der Waals surface area (Å²) < 4.78 is 5.64. The van der Waals surface area contributed by atoms with E-state index in [0.29, 0.717) is 16.8 Å². The van der Waals surface area contributed by atoms with Crippen molar-refractivity contribution < 1.29 is 9.84 Å². The van der Waals surface area contributed by atoms with Crippen molar-refractivity contribution in [1.29, 1.82) is 0 Å². The summed E-state index contributed by atoms with van der Waals surface area (Å²) in [7, 11) is 0. The Morgan fingerprint density at radius 1 is 1.22 bits per heavy atom. The van der Waals surface area contributed by atoms with Crippen LogP contribution >= 0.6 is 11.6 Å². The monoisotopic (exact) mass is 264 g/mol. The van der Waals surface area contributed by atoms with E-state index < -0.39 is 0 Å². The summed E-state index contributed by atoms with van der Waals surface area (Å²) >= 11 is 5.87. The average molecular weight is 265 g/mol. The third-order valence-electron chi connectivity index (χ3n) is 2.72. The zero-order valence-corrected chi connectivity index (χ0v) is 10.9. The first-order chi connectivity index (χ1) is 8.61. The Kier molecular flexibility index (Phi) is 3.79. The van der Waals surface area contributed by atoms with Crippen molar-refractivity contribution in [2.45, 2.75) is 20.5 Å². The molecule has 0 fully saturated rings. The third-order valence-corrected chi connectivity index (χ3v) is 3.08. The fourth-order valence-corrected chi connectivity index (χ4v) is 1.65. The van der Waals surface area contributed by atoms with Gasteiger partial charge in [0, 0.05) is 5.56 Å². The second-order valence-electron chi connectivity index (χ2n) is 3.95. The molecule has 1 N–H and O–H groups in total. The lowest BCUT2D eigenvalue weighted by molar-refractivity contribution is 0.281. The maximum absolute atomic E-state index is 9.06. The van der Waals surface area contributed by atoms with Crippen LogP contribution in [0.4, 0.5) is 0 Å². The van der Waals surface area contributed by atoms with E-state index in [1.54, 1.807) is 12.1 Å². The molecule has 0 aliphatic rings. The minimum absolute atomic E-state index is 0.0263. The van der Waals surface area contributed by atoms with Gasteiger partial charge in [0.2, 0.25) is 5.88 Å². The van der Waals surface area contributed by atoms with Crippen LogP contribution in [0.1, 0.15) is 16.7 Å². The van der Waals surface area contributed by atoms with Gasteiger partial charge in [-0.25, -0.2) is 0 Å². The normalized spacial score (nSPS) is 10.4. The first-order valence-electron chi connectivity index (χ1n) is 5.49. The summed E-state index contributed by atoms with van der Waals surface area (Å²) in [4.78, 5) is 0.